The fourth-order valence-electron chi connectivity index (χ4n) is 2.98. The largest absolute Gasteiger partial charge is 0.379 e. The number of hydrogen-bond donors (Lipinski definition) is 1. The summed E-state index contributed by atoms with van der Waals surface area (Å²) in [5.41, 5.74) is 0.982. The third-order valence-corrected chi connectivity index (χ3v) is 6.23. The molecule has 1 fully saturated rings. The first-order valence-corrected chi connectivity index (χ1v) is 11.1. The number of rotatable bonds is 7. The molecule has 10 heteroatoms. The molecule has 3 heterocycles. The highest BCUT2D eigenvalue weighted by Gasteiger charge is 2.23. The van der Waals surface area contributed by atoms with Crippen LogP contribution in [0.4, 0.5) is 5.13 Å². The van der Waals surface area contributed by atoms with Crippen LogP contribution in [0.1, 0.15) is 12.7 Å². The van der Waals surface area contributed by atoms with Crippen molar-refractivity contribution in [2.45, 2.75) is 23.9 Å². The second-order valence-corrected chi connectivity index (χ2v) is 8.75. The van der Waals surface area contributed by atoms with E-state index in [1.165, 1.54) is 23.1 Å². The first-order chi connectivity index (χ1) is 14.2. The number of carbonyl (C=O) groups is 1. The second kappa shape index (κ2) is 9.49. The lowest BCUT2D eigenvalue weighted by Gasteiger charge is -2.26. The number of para-hydroxylation sites is 1. The summed E-state index contributed by atoms with van der Waals surface area (Å²) in [5.74, 6) is 0.746. The minimum absolute atomic E-state index is 0.109. The zero-order valence-electron chi connectivity index (χ0n) is 16.0. The van der Waals surface area contributed by atoms with Crippen LogP contribution >= 0.6 is 23.1 Å². The second-order valence-electron chi connectivity index (χ2n) is 6.54. The van der Waals surface area contributed by atoms with Crippen LogP contribution in [0, 0.1) is 0 Å². The Bertz CT molecular complexity index is 926. The highest BCUT2D eigenvalue weighted by molar-refractivity contribution is 8.00. The maximum absolute atomic E-state index is 12.5. The van der Waals surface area contributed by atoms with Gasteiger partial charge in [-0.25, -0.2) is 4.98 Å². The molecule has 3 aromatic rings. The summed E-state index contributed by atoms with van der Waals surface area (Å²) >= 11 is 2.79. The van der Waals surface area contributed by atoms with Crippen LogP contribution in [-0.4, -0.2) is 62.1 Å². The Balaban J connectivity index is 1.54. The molecule has 0 aliphatic carbocycles. The molecule has 1 saturated heterocycles. The summed E-state index contributed by atoms with van der Waals surface area (Å²) in [6.07, 6.45) is 1.67. The number of hydrogen-bond acceptors (Lipinski definition) is 8. The Hall–Kier alpha value is -2.27. The zero-order valence-corrected chi connectivity index (χ0v) is 17.7. The predicted molar refractivity (Wildman–Crippen MR) is 114 cm³/mol. The molecule has 1 aliphatic rings. The maximum atomic E-state index is 12.5. The summed E-state index contributed by atoms with van der Waals surface area (Å²) in [4.78, 5) is 19.0. The lowest BCUT2D eigenvalue weighted by molar-refractivity contribution is -0.115. The van der Waals surface area contributed by atoms with Gasteiger partial charge in [-0.15, -0.1) is 21.5 Å². The van der Waals surface area contributed by atoms with Crippen molar-refractivity contribution in [3.8, 4) is 5.69 Å². The van der Waals surface area contributed by atoms with Crippen LogP contribution < -0.4 is 5.32 Å². The standard InChI is InChI=1S/C19H22N6O2S2/c1-14(17(26)21-18-20-7-12-28-18)29-19-23-22-16(13-24-8-10-27-11-9-24)25(19)15-5-3-2-4-6-15/h2-7,12,14H,8-11,13H2,1H3,(H,20,21,26). The van der Waals surface area contributed by atoms with Gasteiger partial charge in [-0.05, 0) is 19.1 Å². The Kier molecular flexibility index (Phi) is 6.55. The van der Waals surface area contributed by atoms with Crippen LogP contribution in [0.25, 0.3) is 5.69 Å². The number of aromatic nitrogens is 4. The zero-order chi connectivity index (χ0) is 20.1. The Morgan fingerprint density at radius 3 is 2.79 bits per heavy atom. The van der Waals surface area contributed by atoms with Crippen molar-refractivity contribution in [2.75, 3.05) is 31.6 Å². The number of nitrogens with one attached hydrogen (secondary N) is 1. The molecule has 1 unspecified atom stereocenters. The first-order valence-electron chi connectivity index (χ1n) is 9.37. The molecule has 29 heavy (non-hydrogen) atoms. The van der Waals surface area contributed by atoms with Gasteiger partial charge in [0, 0.05) is 30.4 Å². The molecule has 0 saturated carbocycles. The first kappa shape index (κ1) is 20.0. The molecule has 1 atom stereocenters. The van der Waals surface area contributed by atoms with Crippen LogP contribution in [0.2, 0.25) is 0 Å². The van der Waals surface area contributed by atoms with Gasteiger partial charge in [0.15, 0.2) is 16.1 Å². The third-order valence-electron chi connectivity index (χ3n) is 4.50. The average molecular weight is 431 g/mol. The van der Waals surface area contributed by atoms with Crippen molar-refractivity contribution in [2.24, 2.45) is 0 Å². The van der Waals surface area contributed by atoms with Gasteiger partial charge in [0.05, 0.1) is 25.0 Å². The topological polar surface area (TPSA) is 85.2 Å². The van der Waals surface area contributed by atoms with E-state index in [9.17, 15) is 4.79 Å². The highest BCUT2D eigenvalue weighted by atomic mass is 32.2. The van der Waals surface area contributed by atoms with Crippen molar-refractivity contribution in [3.05, 3.63) is 47.7 Å². The molecule has 0 radical (unpaired) electrons. The average Bonchev–Trinajstić information content (AvgIpc) is 3.39. The van der Waals surface area contributed by atoms with Gasteiger partial charge in [-0.3, -0.25) is 14.3 Å². The molecule has 1 N–H and O–H groups in total. The van der Waals surface area contributed by atoms with Crippen molar-refractivity contribution in [3.63, 3.8) is 0 Å². The number of ether oxygens (including phenoxy) is 1. The Labute approximate surface area is 177 Å². The SMILES string of the molecule is CC(Sc1nnc(CN2CCOCC2)n1-c1ccccc1)C(=O)Nc1nccs1. The Morgan fingerprint density at radius 2 is 2.07 bits per heavy atom. The van der Waals surface area contributed by atoms with E-state index >= 15 is 0 Å². The van der Waals surface area contributed by atoms with Crippen molar-refractivity contribution in [1.29, 1.82) is 0 Å². The van der Waals surface area contributed by atoms with Crippen LogP contribution in [0.15, 0.2) is 47.1 Å². The van der Waals surface area contributed by atoms with E-state index in [0.29, 0.717) is 16.8 Å². The molecular formula is C19H22N6O2S2. The molecule has 152 valence electrons. The van der Waals surface area contributed by atoms with Gasteiger partial charge in [0.2, 0.25) is 5.91 Å². The molecule has 1 aromatic carbocycles. The minimum Gasteiger partial charge on any atom is -0.379 e. The van der Waals surface area contributed by atoms with E-state index < -0.39 is 0 Å². The molecule has 0 spiro atoms. The smallest absolute Gasteiger partial charge is 0.239 e. The minimum atomic E-state index is -0.346. The number of thiazole rings is 1. The van der Waals surface area contributed by atoms with Gasteiger partial charge >= 0.3 is 0 Å². The quantitative estimate of drug-likeness (QED) is 0.577. The fraction of sp³-hybridized carbons (Fsp3) is 0.368. The number of benzene rings is 1. The number of nitrogens with zero attached hydrogens (tertiary/aromatic N) is 5. The van der Waals surface area contributed by atoms with Crippen LogP contribution in [0.3, 0.4) is 0 Å². The van der Waals surface area contributed by atoms with Crippen molar-refractivity contribution in [1.82, 2.24) is 24.6 Å². The van der Waals surface area contributed by atoms with E-state index in [-0.39, 0.29) is 11.2 Å². The fourth-order valence-corrected chi connectivity index (χ4v) is 4.40. The van der Waals surface area contributed by atoms with E-state index in [1.54, 1.807) is 6.20 Å². The summed E-state index contributed by atoms with van der Waals surface area (Å²) in [6, 6.07) is 10.0. The Morgan fingerprint density at radius 1 is 1.28 bits per heavy atom. The number of anilines is 1. The van der Waals surface area contributed by atoms with E-state index in [0.717, 1.165) is 37.8 Å². The highest BCUT2D eigenvalue weighted by Crippen LogP contribution is 2.27. The van der Waals surface area contributed by atoms with Crippen LogP contribution in [0.5, 0.6) is 0 Å². The van der Waals surface area contributed by atoms with Crippen molar-refractivity contribution >= 4 is 34.1 Å². The third kappa shape index (κ3) is 5.02. The monoisotopic (exact) mass is 430 g/mol. The number of morpholine rings is 1. The molecule has 8 nitrogen and oxygen atoms in total. The molecule has 2 aromatic heterocycles. The normalized spacial score (nSPS) is 15.9. The summed E-state index contributed by atoms with van der Waals surface area (Å²) in [6.45, 7) is 5.75. The van der Waals surface area contributed by atoms with Gasteiger partial charge in [-0.2, -0.15) is 0 Å². The van der Waals surface area contributed by atoms with Gasteiger partial charge in [-0.1, -0.05) is 30.0 Å². The number of carbonyl (C=O) groups excluding carboxylic acids is 1. The summed E-state index contributed by atoms with van der Waals surface area (Å²) in [5, 5.41) is 14.5. The number of amides is 1. The molecule has 0 bridgehead atoms. The lowest BCUT2D eigenvalue weighted by Crippen LogP contribution is -2.36. The molecule has 4 rings (SSSR count). The molecule has 1 amide bonds. The van der Waals surface area contributed by atoms with E-state index in [2.05, 4.69) is 25.4 Å². The number of thioether (sulfide) groups is 1. The lowest BCUT2D eigenvalue weighted by atomic mass is 10.3. The maximum Gasteiger partial charge on any atom is 0.239 e. The van der Waals surface area contributed by atoms with Gasteiger partial charge < -0.3 is 10.1 Å². The van der Waals surface area contributed by atoms with Crippen LogP contribution in [-0.2, 0) is 16.1 Å². The van der Waals surface area contributed by atoms with E-state index in [4.69, 9.17) is 4.74 Å². The van der Waals surface area contributed by atoms with Gasteiger partial charge in [0.1, 0.15) is 0 Å². The summed E-state index contributed by atoms with van der Waals surface area (Å²) < 4.78 is 7.48. The molecule has 1 aliphatic heterocycles. The van der Waals surface area contributed by atoms with Gasteiger partial charge in [0.25, 0.3) is 0 Å². The molecular weight excluding hydrogens is 408 g/mol. The predicted octanol–water partition coefficient (Wildman–Crippen LogP) is 2.68. The van der Waals surface area contributed by atoms with E-state index in [1.807, 2.05) is 47.2 Å². The van der Waals surface area contributed by atoms with Crippen molar-refractivity contribution < 1.29 is 9.53 Å². The summed E-state index contributed by atoms with van der Waals surface area (Å²) in [7, 11) is 0.